The van der Waals surface area contributed by atoms with E-state index in [4.69, 9.17) is 0 Å². The number of carbonyl (C=O) groups excluding carboxylic acids is 1. The molecule has 2 heterocycles. The minimum atomic E-state index is -3.71. The van der Waals surface area contributed by atoms with E-state index < -0.39 is 10.0 Å². The topological polar surface area (TPSA) is 79.7 Å². The maximum atomic E-state index is 13.2. The average molecular weight is 460 g/mol. The number of carbonyl (C=O) groups is 1. The van der Waals surface area contributed by atoms with Crippen molar-refractivity contribution in [1.29, 1.82) is 0 Å². The third kappa shape index (κ3) is 4.05. The number of aryl methyl sites for hydroxylation is 1. The maximum absolute atomic E-state index is 13.2. The maximum Gasteiger partial charge on any atom is 0.308 e. The Morgan fingerprint density at radius 2 is 1.65 bits per heavy atom. The van der Waals surface area contributed by atoms with Gasteiger partial charge < -0.3 is 4.90 Å². The second kappa shape index (κ2) is 8.22. The number of amides is 1. The second-order valence-corrected chi connectivity index (χ2v) is 11.0. The van der Waals surface area contributed by atoms with E-state index in [0.29, 0.717) is 23.4 Å². The van der Waals surface area contributed by atoms with Crippen molar-refractivity contribution in [3.8, 4) is 0 Å². The lowest BCUT2D eigenvalue weighted by atomic mass is 10.1. The molecule has 7 nitrogen and oxygen atoms in total. The molecule has 0 aliphatic carbocycles. The van der Waals surface area contributed by atoms with Crippen LogP contribution < -0.4 is 4.87 Å². The summed E-state index contributed by atoms with van der Waals surface area (Å²) in [5, 5.41) is 0. The minimum absolute atomic E-state index is 0.00264. The molecule has 1 amide bonds. The summed E-state index contributed by atoms with van der Waals surface area (Å²) in [7, 11) is -3.71. The van der Waals surface area contributed by atoms with Crippen molar-refractivity contribution >= 4 is 37.5 Å². The number of fused-ring (bicyclic) bond motifs is 1. The summed E-state index contributed by atoms with van der Waals surface area (Å²) in [5.41, 5.74) is 2.44. The standard InChI is InChI=1S/C22H25N3O4S2/c1-15(2)25-19-9-8-18(14-20(19)30-22(25)27)31(28,29)24-12-10-23(11-13-24)21(26)17-6-4-16(3)5-7-17/h4-9,14-15H,10-13H2,1-3H3. The molecule has 1 fully saturated rings. The van der Waals surface area contributed by atoms with Gasteiger partial charge in [-0.3, -0.25) is 14.2 Å². The Hall–Kier alpha value is -2.49. The van der Waals surface area contributed by atoms with Gasteiger partial charge in [0.25, 0.3) is 5.91 Å². The molecule has 1 aliphatic heterocycles. The first kappa shape index (κ1) is 21.7. The number of rotatable bonds is 4. The van der Waals surface area contributed by atoms with Crippen LogP contribution in [0.4, 0.5) is 0 Å². The highest BCUT2D eigenvalue weighted by Gasteiger charge is 2.31. The summed E-state index contributed by atoms with van der Waals surface area (Å²) >= 11 is 1.06. The summed E-state index contributed by atoms with van der Waals surface area (Å²) in [6.45, 7) is 6.97. The van der Waals surface area contributed by atoms with Gasteiger partial charge in [-0.2, -0.15) is 4.31 Å². The predicted octanol–water partition coefficient (Wildman–Crippen LogP) is 3.10. The molecule has 0 saturated carbocycles. The smallest absolute Gasteiger partial charge is 0.308 e. The van der Waals surface area contributed by atoms with E-state index >= 15 is 0 Å². The van der Waals surface area contributed by atoms with Gasteiger partial charge in [0.2, 0.25) is 10.0 Å². The Labute approximate surface area is 185 Å². The van der Waals surface area contributed by atoms with Crippen LogP contribution in [0, 0.1) is 6.92 Å². The molecule has 0 bridgehead atoms. The van der Waals surface area contributed by atoms with Crippen LogP contribution in [0.15, 0.2) is 52.2 Å². The van der Waals surface area contributed by atoms with Crippen molar-refractivity contribution in [3.63, 3.8) is 0 Å². The van der Waals surface area contributed by atoms with Gasteiger partial charge in [0.05, 0.1) is 15.1 Å². The first-order valence-corrected chi connectivity index (χ1v) is 12.5. The van der Waals surface area contributed by atoms with Crippen molar-refractivity contribution in [2.24, 2.45) is 0 Å². The lowest BCUT2D eigenvalue weighted by Crippen LogP contribution is -2.50. The molecule has 1 saturated heterocycles. The van der Waals surface area contributed by atoms with Gasteiger partial charge in [-0.25, -0.2) is 8.42 Å². The highest BCUT2D eigenvalue weighted by molar-refractivity contribution is 7.89. The third-order valence-electron chi connectivity index (χ3n) is 5.56. The lowest BCUT2D eigenvalue weighted by molar-refractivity contribution is 0.0698. The van der Waals surface area contributed by atoms with Gasteiger partial charge in [-0.1, -0.05) is 29.0 Å². The molecule has 9 heteroatoms. The number of benzene rings is 2. The van der Waals surface area contributed by atoms with Gasteiger partial charge in [0.1, 0.15) is 0 Å². The van der Waals surface area contributed by atoms with Gasteiger partial charge >= 0.3 is 4.87 Å². The number of aromatic nitrogens is 1. The molecule has 0 spiro atoms. The second-order valence-electron chi connectivity index (χ2n) is 8.02. The first-order chi connectivity index (χ1) is 14.7. The number of sulfonamides is 1. The Bertz CT molecular complexity index is 1280. The molecule has 164 valence electrons. The van der Waals surface area contributed by atoms with Crippen LogP contribution in [0.1, 0.15) is 35.8 Å². The number of hydrogen-bond donors (Lipinski definition) is 0. The van der Waals surface area contributed by atoms with Gasteiger partial charge in [0.15, 0.2) is 0 Å². The monoisotopic (exact) mass is 459 g/mol. The normalized spacial score (nSPS) is 15.7. The fourth-order valence-electron chi connectivity index (χ4n) is 3.83. The van der Waals surface area contributed by atoms with E-state index in [1.807, 2.05) is 32.9 Å². The molecule has 1 aliphatic rings. The molecule has 31 heavy (non-hydrogen) atoms. The van der Waals surface area contributed by atoms with Gasteiger partial charge in [-0.15, -0.1) is 0 Å². The molecule has 2 aromatic carbocycles. The fraction of sp³-hybridized carbons (Fsp3) is 0.364. The number of piperazine rings is 1. The summed E-state index contributed by atoms with van der Waals surface area (Å²) in [6, 6.07) is 12.2. The Kier molecular flexibility index (Phi) is 5.76. The minimum Gasteiger partial charge on any atom is -0.336 e. The van der Waals surface area contributed by atoms with E-state index in [9.17, 15) is 18.0 Å². The van der Waals surface area contributed by atoms with Crippen LogP contribution in [0.2, 0.25) is 0 Å². The number of thiazole rings is 1. The zero-order valence-corrected chi connectivity index (χ0v) is 19.4. The molecule has 0 atom stereocenters. The van der Waals surface area contributed by atoms with Crippen LogP contribution in [-0.4, -0.2) is 54.3 Å². The van der Waals surface area contributed by atoms with Crippen LogP contribution >= 0.6 is 11.3 Å². The highest BCUT2D eigenvalue weighted by atomic mass is 32.2. The molecule has 0 N–H and O–H groups in total. The van der Waals surface area contributed by atoms with Crippen molar-refractivity contribution in [1.82, 2.24) is 13.8 Å². The SMILES string of the molecule is Cc1ccc(C(=O)N2CCN(S(=O)(=O)c3ccc4c(c3)sc(=O)n4C(C)C)CC2)cc1. The molecule has 0 radical (unpaired) electrons. The Morgan fingerprint density at radius 3 is 2.26 bits per heavy atom. The Balaban J connectivity index is 1.52. The van der Waals surface area contributed by atoms with E-state index in [2.05, 4.69) is 0 Å². The average Bonchev–Trinajstić information content (AvgIpc) is 3.09. The molecule has 1 aromatic heterocycles. The van der Waals surface area contributed by atoms with Crippen LogP contribution in [0.3, 0.4) is 0 Å². The molecule has 3 aromatic rings. The summed E-state index contributed by atoms with van der Waals surface area (Å²) in [4.78, 5) is 26.7. The quantitative estimate of drug-likeness (QED) is 0.601. The van der Waals surface area contributed by atoms with Crippen molar-refractivity contribution in [3.05, 3.63) is 63.3 Å². The molecular formula is C22H25N3O4S2. The molecular weight excluding hydrogens is 434 g/mol. The zero-order chi connectivity index (χ0) is 22.3. The largest absolute Gasteiger partial charge is 0.336 e. The molecule has 0 unspecified atom stereocenters. The third-order valence-corrected chi connectivity index (χ3v) is 8.38. The highest BCUT2D eigenvalue weighted by Crippen LogP contribution is 2.26. The summed E-state index contributed by atoms with van der Waals surface area (Å²) in [5.74, 6) is -0.0849. The van der Waals surface area contributed by atoms with Crippen molar-refractivity contribution < 1.29 is 13.2 Å². The van der Waals surface area contributed by atoms with Crippen LogP contribution in [0.25, 0.3) is 10.2 Å². The number of nitrogens with zero attached hydrogens (tertiary/aromatic N) is 3. The van der Waals surface area contributed by atoms with Crippen molar-refractivity contribution in [2.75, 3.05) is 26.2 Å². The van der Waals surface area contributed by atoms with Gasteiger partial charge in [-0.05, 0) is 51.1 Å². The summed E-state index contributed by atoms with van der Waals surface area (Å²) in [6.07, 6.45) is 0. The predicted molar refractivity (Wildman–Crippen MR) is 122 cm³/mol. The lowest BCUT2D eigenvalue weighted by Gasteiger charge is -2.34. The van der Waals surface area contributed by atoms with E-state index in [-0.39, 0.29) is 34.8 Å². The van der Waals surface area contributed by atoms with Crippen LogP contribution in [-0.2, 0) is 10.0 Å². The zero-order valence-electron chi connectivity index (χ0n) is 17.7. The fourth-order valence-corrected chi connectivity index (χ4v) is 6.40. The molecule has 4 rings (SSSR count). The van der Waals surface area contributed by atoms with Crippen molar-refractivity contribution in [2.45, 2.75) is 31.7 Å². The van der Waals surface area contributed by atoms with E-state index in [0.717, 1.165) is 22.4 Å². The summed E-state index contributed by atoms with van der Waals surface area (Å²) < 4.78 is 30.1. The Morgan fingerprint density at radius 1 is 1.00 bits per heavy atom. The van der Waals surface area contributed by atoms with Gasteiger partial charge in [0, 0.05) is 37.8 Å². The number of hydrogen-bond acceptors (Lipinski definition) is 5. The first-order valence-electron chi connectivity index (χ1n) is 10.2. The van der Waals surface area contributed by atoms with E-state index in [1.165, 1.54) is 4.31 Å². The van der Waals surface area contributed by atoms with E-state index in [1.54, 1.807) is 39.8 Å². The van der Waals surface area contributed by atoms with Crippen LogP contribution in [0.5, 0.6) is 0 Å².